The second kappa shape index (κ2) is 4.92. The van der Waals surface area contributed by atoms with Crippen molar-refractivity contribution in [1.82, 2.24) is 4.98 Å². The highest BCUT2D eigenvalue weighted by Gasteiger charge is 2.31. The second-order valence-electron chi connectivity index (χ2n) is 4.28. The molecule has 106 valence electrons. The van der Waals surface area contributed by atoms with Crippen LogP contribution in [0.1, 0.15) is 11.1 Å². The average molecular weight is 283 g/mol. The van der Waals surface area contributed by atoms with Gasteiger partial charge in [0, 0.05) is 11.9 Å². The van der Waals surface area contributed by atoms with Crippen LogP contribution in [0.5, 0.6) is 5.75 Å². The van der Waals surface area contributed by atoms with Gasteiger partial charge in [-0.25, -0.2) is 4.98 Å². The van der Waals surface area contributed by atoms with Crippen molar-refractivity contribution in [3.05, 3.63) is 41.6 Å². The molecule has 0 bridgehead atoms. The molecule has 2 rings (SSSR count). The van der Waals surface area contributed by atoms with Crippen LogP contribution in [0, 0.1) is 6.92 Å². The van der Waals surface area contributed by atoms with E-state index >= 15 is 0 Å². The van der Waals surface area contributed by atoms with Gasteiger partial charge < -0.3 is 16.2 Å². The van der Waals surface area contributed by atoms with E-state index in [4.69, 9.17) is 5.73 Å². The summed E-state index contributed by atoms with van der Waals surface area (Å²) in [5.41, 5.74) is 5.96. The normalized spacial score (nSPS) is 11.4. The smallest absolute Gasteiger partial charge is 0.417 e. The Morgan fingerprint density at radius 1 is 1.20 bits per heavy atom. The highest BCUT2D eigenvalue weighted by atomic mass is 19.4. The number of phenols is 1. The van der Waals surface area contributed by atoms with Crippen LogP contribution in [0.3, 0.4) is 0 Å². The zero-order chi connectivity index (χ0) is 14.9. The van der Waals surface area contributed by atoms with E-state index < -0.39 is 11.7 Å². The highest BCUT2D eigenvalue weighted by Crippen LogP contribution is 2.33. The summed E-state index contributed by atoms with van der Waals surface area (Å²) >= 11 is 0. The number of alkyl halides is 3. The fraction of sp³-hybridized carbons (Fsp3) is 0.154. The molecule has 1 aromatic heterocycles. The first kappa shape index (κ1) is 14.0. The molecule has 0 saturated heterocycles. The van der Waals surface area contributed by atoms with Crippen molar-refractivity contribution in [1.29, 1.82) is 0 Å². The molecule has 0 amide bonds. The first-order valence-corrected chi connectivity index (χ1v) is 5.67. The highest BCUT2D eigenvalue weighted by molar-refractivity contribution is 5.72. The molecule has 4 nitrogen and oxygen atoms in total. The van der Waals surface area contributed by atoms with Crippen molar-refractivity contribution in [2.24, 2.45) is 0 Å². The minimum atomic E-state index is -4.48. The Morgan fingerprint density at radius 2 is 1.90 bits per heavy atom. The Hall–Kier alpha value is -2.44. The Kier molecular flexibility index (Phi) is 3.44. The van der Waals surface area contributed by atoms with Crippen molar-refractivity contribution in [2.75, 3.05) is 11.1 Å². The van der Waals surface area contributed by atoms with Gasteiger partial charge in [0.1, 0.15) is 11.6 Å². The number of anilines is 3. The van der Waals surface area contributed by atoms with Crippen LogP contribution in [0.2, 0.25) is 0 Å². The zero-order valence-electron chi connectivity index (χ0n) is 10.5. The third-order valence-corrected chi connectivity index (χ3v) is 2.73. The summed E-state index contributed by atoms with van der Waals surface area (Å²) in [5.74, 6) is 0.0358. The third kappa shape index (κ3) is 2.93. The Balaban J connectivity index is 2.38. The van der Waals surface area contributed by atoms with Crippen LogP contribution in [-0.2, 0) is 6.18 Å². The van der Waals surface area contributed by atoms with E-state index in [9.17, 15) is 18.3 Å². The lowest BCUT2D eigenvalue weighted by atomic mass is 10.1. The van der Waals surface area contributed by atoms with Gasteiger partial charge in [0.25, 0.3) is 0 Å². The maximum absolute atomic E-state index is 12.6. The van der Waals surface area contributed by atoms with E-state index in [1.165, 1.54) is 12.1 Å². The van der Waals surface area contributed by atoms with E-state index in [-0.39, 0.29) is 17.3 Å². The number of benzene rings is 1. The number of rotatable bonds is 2. The number of phenolic OH excluding ortho intramolecular Hbond substituents is 1. The van der Waals surface area contributed by atoms with Crippen LogP contribution in [0.25, 0.3) is 0 Å². The summed E-state index contributed by atoms with van der Waals surface area (Å²) in [4.78, 5) is 3.53. The lowest BCUT2D eigenvalue weighted by molar-refractivity contribution is -0.137. The SMILES string of the molecule is Cc1cc(O)ccc1Nc1cc(C(F)(F)F)cnc1N. The molecule has 7 heteroatoms. The number of nitrogens with one attached hydrogen (secondary N) is 1. The average Bonchev–Trinajstić information content (AvgIpc) is 2.33. The molecule has 20 heavy (non-hydrogen) atoms. The van der Waals surface area contributed by atoms with Gasteiger partial charge in [-0.3, -0.25) is 0 Å². The molecule has 0 spiro atoms. The zero-order valence-corrected chi connectivity index (χ0v) is 10.5. The molecule has 2 aromatic rings. The van der Waals surface area contributed by atoms with Crippen molar-refractivity contribution in [3.63, 3.8) is 0 Å². The summed E-state index contributed by atoms with van der Waals surface area (Å²) in [6.45, 7) is 1.71. The lowest BCUT2D eigenvalue weighted by Crippen LogP contribution is -2.08. The number of nitrogens with zero attached hydrogens (tertiary/aromatic N) is 1. The number of aromatic nitrogens is 1. The molecule has 0 radical (unpaired) electrons. The van der Waals surface area contributed by atoms with E-state index in [0.717, 1.165) is 6.07 Å². The van der Waals surface area contributed by atoms with Crippen molar-refractivity contribution in [3.8, 4) is 5.75 Å². The van der Waals surface area contributed by atoms with Crippen LogP contribution >= 0.6 is 0 Å². The fourth-order valence-electron chi connectivity index (χ4n) is 1.66. The number of pyridine rings is 1. The minimum absolute atomic E-state index is 0.0366. The predicted octanol–water partition coefficient (Wildman–Crippen LogP) is 3.44. The number of halogens is 3. The largest absolute Gasteiger partial charge is 0.508 e. The molecule has 1 aromatic carbocycles. The quantitative estimate of drug-likeness (QED) is 0.738. The van der Waals surface area contributed by atoms with Gasteiger partial charge in [0.05, 0.1) is 11.3 Å². The summed E-state index contributed by atoms with van der Waals surface area (Å²) in [7, 11) is 0. The lowest BCUT2D eigenvalue weighted by Gasteiger charge is -2.14. The maximum Gasteiger partial charge on any atom is 0.417 e. The third-order valence-electron chi connectivity index (χ3n) is 2.73. The van der Waals surface area contributed by atoms with Crippen LogP contribution in [0.4, 0.5) is 30.4 Å². The molecule has 4 N–H and O–H groups in total. The van der Waals surface area contributed by atoms with Crippen molar-refractivity contribution >= 4 is 17.2 Å². The number of hydrogen-bond acceptors (Lipinski definition) is 4. The molecule has 1 heterocycles. The molecule has 0 atom stereocenters. The number of aromatic hydroxyl groups is 1. The van der Waals surface area contributed by atoms with Gasteiger partial charge in [-0.15, -0.1) is 0 Å². The van der Waals surface area contributed by atoms with Gasteiger partial charge in [-0.2, -0.15) is 13.2 Å². The Morgan fingerprint density at radius 3 is 2.50 bits per heavy atom. The Bertz CT molecular complexity index is 641. The van der Waals surface area contributed by atoms with Crippen molar-refractivity contribution < 1.29 is 18.3 Å². The number of aryl methyl sites for hydroxylation is 1. The number of hydrogen-bond donors (Lipinski definition) is 3. The van der Waals surface area contributed by atoms with Gasteiger partial charge >= 0.3 is 6.18 Å². The molecule has 0 fully saturated rings. The minimum Gasteiger partial charge on any atom is -0.508 e. The van der Waals surface area contributed by atoms with Gasteiger partial charge in [0.2, 0.25) is 0 Å². The van der Waals surface area contributed by atoms with Gasteiger partial charge in [-0.1, -0.05) is 0 Å². The summed E-state index contributed by atoms with van der Waals surface area (Å²) < 4.78 is 37.9. The maximum atomic E-state index is 12.6. The summed E-state index contributed by atoms with van der Waals surface area (Å²) in [6.07, 6.45) is -3.80. The van der Waals surface area contributed by atoms with Gasteiger partial charge in [-0.05, 0) is 36.8 Å². The monoisotopic (exact) mass is 283 g/mol. The van der Waals surface area contributed by atoms with Gasteiger partial charge in [0.15, 0.2) is 0 Å². The summed E-state index contributed by atoms with van der Waals surface area (Å²) in [6, 6.07) is 5.35. The molecule has 0 unspecified atom stereocenters. The molecule has 0 aliphatic carbocycles. The first-order valence-electron chi connectivity index (χ1n) is 5.67. The number of nitrogen functional groups attached to an aromatic ring is 1. The molecular formula is C13H12F3N3O. The number of nitrogens with two attached hydrogens (primary N) is 1. The molecule has 0 aliphatic rings. The molecule has 0 aliphatic heterocycles. The van der Waals surface area contributed by atoms with E-state index in [0.29, 0.717) is 17.4 Å². The van der Waals surface area contributed by atoms with E-state index in [1.807, 2.05) is 0 Å². The van der Waals surface area contributed by atoms with E-state index in [2.05, 4.69) is 10.3 Å². The first-order chi connectivity index (χ1) is 9.27. The van der Waals surface area contributed by atoms with Crippen molar-refractivity contribution in [2.45, 2.75) is 13.1 Å². The Labute approximate surface area is 113 Å². The summed E-state index contributed by atoms with van der Waals surface area (Å²) in [5, 5.41) is 12.1. The van der Waals surface area contributed by atoms with Crippen LogP contribution in [-0.4, -0.2) is 10.1 Å². The fourth-order valence-corrected chi connectivity index (χ4v) is 1.66. The second-order valence-corrected chi connectivity index (χ2v) is 4.28. The van der Waals surface area contributed by atoms with E-state index in [1.54, 1.807) is 13.0 Å². The molecule has 0 saturated carbocycles. The topological polar surface area (TPSA) is 71.2 Å². The van der Waals surface area contributed by atoms with Crippen LogP contribution in [0.15, 0.2) is 30.5 Å². The molecular weight excluding hydrogens is 271 g/mol. The standard InChI is InChI=1S/C13H12F3N3O/c1-7-4-9(20)2-3-10(7)19-11-5-8(13(14,15)16)6-18-12(11)17/h2-6,19-20H,1H3,(H2,17,18). The van der Waals surface area contributed by atoms with Crippen LogP contribution < -0.4 is 11.1 Å². The predicted molar refractivity (Wildman–Crippen MR) is 69.8 cm³/mol.